The molecule has 2 aromatic carbocycles. The van der Waals surface area contributed by atoms with E-state index in [1.165, 1.54) is 4.90 Å². The molecule has 7 heteroatoms. The van der Waals surface area contributed by atoms with Crippen molar-refractivity contribution in [3.05, 3.63) is 59.7 Å². The first-order chi connectivity index (χ1) is 14.8. The number of fused-ring (bicyclic) bond motifs is 8. The Morgan fingerprint density at radius 2 is 1.55 bits per heavy atom. The molecule has 0 radical (unpaired) electrons. The van der Waals surface area contributed by atoms with Crippen molar-refractivity contribution < 1.29 is 18.0 Å². The Balaban J connectivity index is 1.30. The van der Waals surface area contributed by atoms with E-state index in [1.54, 1.807) is 28.6 Å². The molecule has 2 saturated heterocycles. The predicted molar refractivity (Wildman–Crippen MR) is 115 cm³/mol. The average Bonchev–Trinajstić information content (AvgIpc) is 3.15. The number of hydrogen-bond donors (Lipinski definition) is 0. The first kappa shape index (κ1) is 19.2. The zero-order valence-corrected chi connectivity index (χ0v) is 18.2. The Bertz CT molecular complexity index is 1190. The van der Waals surface area contributed by atoms with Gasteiger partial charge in [-0.2, -0.15) is 4.31 Å². The number of carbonyl (C=O) groups excluding carboxylic acids is 2. The molecule has 4 aliphatic rings. The first-order valence-corrected chi connectivity index (χ1v) is 12.4. The molecular formula is C24H24N2O4S. The summed E-state index contributed by atoms with van der Waals surface area (Å²) in [6.45, 7) is 3.96. The van der Waals surface area contributed by atoms with Crippen LogP contribution in [0.1, 0.15) is 24.5 Å². The molecule has 160 valence electrons. The third-order valence-corrected chi connectivity index (χ3v) is 9.67. The molecule has 2 amide bonds. The van der Waals surface area contributed by atoms with E-state index in [0.717, 1.165) is 24.0 Å². The fraction of sp³-hybridized carbons (Fsp3) is 0.417. The minimum absolute atomic E-state index is 0.0731. The summed E-state index contributed by atoms with van der Waals surface area (Å²) in [5.74, 6) is -1.26. The summed E-state index contributed by atoms with van der Waals surface area (Å²) in [5.41, 5.74) is 2.72. The Hall–Kier alpha value is -2.51. The lowest BCUT2D eigenvalue weighted by Gasteiger charge is -2.20. The number of imide groups is 1. The molecule has 2 aliphatic carbocycles. The molecule has 31 heavy (non-hydrogen) atoms. The number of aryl methyl sites for hydroxylation is 2. The van der Waals surface area contributed by atoms with Gasteiger partial charge in [0.2, 0.25) is 21.8 Å². The molecule has 2 heterocycles. The van der Waals surface area contributed by atoms with Gasteiger partial charge < -0.3 is 0 Å². The minimum Gasteiger partial charge on any atom is -0.274 e. The van der Waals surface area contributed by atoms with E-state index in [2.05, 4.69) is 0 Å². The highest BCUT2D eigenvalue weighted by atomic mass is 32.2. The van der Waals surface area contributed by atoms with E-state index >= 15 is 0 Å². The summed E-state index contributed by atoms with van der Waals surface area (Å²) in [4.78, 5) is 28.3. The highest BCUT2D eigenvalue weighted by molar-refractivity contribution is 7.89. The maximum atomic E-state index is 13.4. The molecule has 0 aromatic heterocycles. The van der Waals surface area contributed by atoms with Crippen molar-refractivity contribution in [2.24, 2.45) is 23.7 Å². The van der Waals surface area contributed by atoms with Gasteiger partial charge in [-0.1, -0.05) is 36.8 Å². The quantitative estimate of drug-likeness (QED) is 0.546. The van der Waals surface area contributed by atoms with Crippen LogP contribution in [0.15, 0.2) is 53.4 Å². The van der Waals surface area contributed by atoms with Crippen LogP contribution in [0, 0.1) is 30.6 Å². The van der Waals surface area contributed by atoms with Crippen LogP contribution < -0.4 is 4.90 Å². The van der Waals surface area contributed by atoms with Crippen LogP contribution in [0.2, 0.25) is 0 Å². The number of anilines is 1. The molecule has 2 bridgehead atoms. The topological polar surface area (TPSA) is 74.5 Å². The summed E-state index contributed by atoms with van der Waals surface area (Å²) in [5, 5.41) is 0. The highest BCUT2D eigenvalue weighted by Gasteiger charge is 2.78. The summed E-state index contributed by atoms with van der Waals surface area (Å²) >= 11 is 0. The maximum absolute atomic E-state index is 13.4. The normalized spacial score (nSPS) is 35.4. The van der Waals surface area contributed by atoms with Gasteiger partial charge in [0.1, 0.15) is 0 Å². The van der Waals surface area contributed by atoms with E-state index in [1.807, 2.05) is 38.1 Å². The van der Waals surface area contributed by atoms with Crippen LogP contribution in [0.3, 0.4) is 0 Å². The van der Waals surface area contributed by atoms with Crippen molar-refractivity contribution in [1.82, 2.24) is 4.31 Å². The number of amides is 2. The Morgan fingerprint density at radius 1 is 0.935 bits per heavy atom. The predicted octanol–water partition coefficient (Wildman–Crippen LogP) is 2.75. The van der Waals surface area contributed by atoms with Gasteiger partial charge in [-0.15, -0.1) is 0 Å². The second-order valence-corrected chi connectivity index (χ2v) is 11.1. The summed E-state index contributed by atoms with van der Waals surface area (Å²) in [6.07, 6.45) is 1.60. The van der Waals surface area contributed by atoms with Crippen molar-refractivity contribution >= 4 is 27.5 Å². The molecule has 4 fully saturated rings. The zero-order chi connectivity index (χ0) is 21.7. The molecule has 1 unspecified atom stereocenters. The lowest BCUT2D eigenvalue weighted by molar-refractivity contribution is -0.123. The number of hydrogen-bond acceptors (Lipinski definition) is 4. The fourth-order valence-electron chi connectivity index (χ4n) is 6.38. The summed E-state index contributed by atoms with van der Waals surface area (Å²) < 4.78 is 28.0. The smallest absolute Gasteiger partial charge is 0.243 e. The van der Waals surface area contributed by atoms with Gasteiger partial charge in [0, 0.05) is 12.1 Å². The van der Waals surface area contributed by atoms with Crippen LogP contribution in [0.5, 0.6) is 0 Å². The molecule has 2 saturated carbocycles. The third kappa shape index (κ3) is 2.44. The number of benzene rings is 2. The molecule has 6 nitrogen and oxygen atoms in total. The van der Waals surface area contributed by atoms with E-state index in [9.17, 15) is 18.0 Å². The second-order valence-electron chi connectivity index (χ2n) is 9.28. The first-order valence-electron chi connectivity index (χ1n) is 10.9. The Labute approximate surface area is 181 Å². The van der Waals surface area contributed by atoms with Gasteiger partial charge in [0.15, 0.2) is 0 Å². The van der Waals surface area contributed by atoms with E-state index in [0.29, 0.717) is 5.69 Å². The van der Waals surface area contributed by atoms with Crippen LogP contribution in [0.25, 0.3) is 0 Å². The van der Waals surface area contributed by atoms with Gasteiger partial charge >= 0.3 is 0 Å². The standard InChI is InChI=1S/C24H24N2O4S/c1-3-14-5-4-6-15(11-14)25-23(27)19-17-12-18(20(19)24(25)28)22-21(17)26(22)31(29,30)16-9-7-13(2)8-10-16/h4-11,17-22H,3,12H2,1-2H3/t17-,18+,19-,20+,21-,22+,26?. The van der Waals surface area contributed by atoms with Crippen molar-refractivity contribution in [1.29, 1.82) is 0 Å². The summed E-state index contributed by atoms with van der Waals surface area (Å²) in [7, 11) is -3.61. The largest absolute Gasteiger partial charge is 0.274 e. The van der Waals surface area contributed by atoms with Gasteiger partial charge in [-0.3, -0.25) is 14.5 Å². The lowest BCUT2D eigenvalue weighted by atomic mass is 9.81. The van der Waals surface area contributed by atoms with E-state index in [4.69, 9.17) is 0 Å². The third-order valence-electron chi connectivity index (χ3n) is 7.76. The number of sulfonamides is 1. The molecule has 0 spiro atoms. The molecule has 0 N–H and O–H groups in total. The number of carbonyl (C=O) groups is 2. The summed E-state index contributed by atoms with van der Waals surface area (Å²) in [6, 6.07) is 14.1. The van der Waals surface area contributed by atoms with Gasteiger partial charge in [-0.25, -0.2) is 8.42 Å². The monoisotopic (exact) mass is 436 g/mol. The SMILES string of the molecule is CCc1cccc(N2C(=O)[C@@H]3[C@H]4C[C@@H]([C@@H]3C2=O)[C@H]2[C@@H]4N2S(=O)(=O)c2ccc(C)cc2)c1. The number of rotatable bonds is 4. The van der Waals surface area contributed by atoms with Crippen LogP contribution in [-0.2, 0) is 26.0 Å². The van der Waals surface area contributed by atoms with Crippen LogP contribution >= 0.6 is 0 Å². The second kappa shape index (κ2) is 6.26. The Kier molecular flexibility index (Phi) is 3.88. The van der Waals surface area contributed by atoms with Crippen molar-refractivity contribution in [3.63, 3.8) is 0 Å². The van der Waals surface area contributed by atoms with E-state index in [-0.39, 0.29) is 40.6 Å². The van der Waals surface area contributed by atoms with E-state index < -0.39 is 21.9 Å². The van der Waals surface area contributed by atoms with Crippen molar-refractivity contribution in [2.45, 2.75) is 43.7 Å². The molecular weight excluding hydrogens is 412 g/mol. The molecule has 2 aliphatic heterocycles. The van der Waals surface area contributed by atoms with Crippen molar-refractivity contribution in [2.75, 3.05) is 4.90 Å². The fourth-order valence-corrected chi connectivity index (χ4v) is 8.25. The van der Waals surface area contributed by atoms with Crippen molar-refractivity contribution in [3.8, 4) is 0 Å². The molecule has 6 rings (SSSR count). The van der Waals surface area contributed by atoms with Gasteiger partial charge in [0.05, 0.1) is 22.4 Å². The van der Waals surface area contributed by atoms with Gasteiger partial charge in [0.25, 0.3) is 0 Å². The molecule has 2 aromatic rings. The van der Waals surface area contributed by atoms with Crippen LogP contribution in [-0.4, -0.2) is 36.6 Å². The average molecular weight is 437 g/mol. The maximum Gasteiger partial charge on any atom is 0.243 e. The number of nitrogens with zero attached hydrogens (tertiary/aromatic N) is 2. The Morgan fingerprint density at radius 3 is 2.13 bits per heavy atom. The minimum atomic E-state index is -3.61. The number of piperidine rings is 1. The zero-order valence-electron chi connectivity index (χ0n) is 17.4. The highest BCUT2D eigenvalue weighted by Crippen LogP contribution is 2.66. The lowest BCUT2D eigenvalue weighted by Crippen LogP contribution is -2.34. The van der Waals surface area contributed by atoms with Crippen LogP contribution in [0.4, 0.5) is 5.69 Å². The molecule has 7 atom stereocenters. The van der Waals surface area contributed by atoms with Gasteiger partial charge in [-0.05, 0) is 61.4 Å².